The maximum absolute atomic E-state index is 12.8. The van der Waals surface area contributed by atoms with Crippen LogP contribution < -0.4 is 4.74 Å². The van der Waals surface area contributed by atoms with Gasteiger partial charge in [-0.15, -0.1) is 0 Å². The number of alkyl halides is 3. The minimum Gasteiger partial charge on any atom is -0.494 e. The molecule has 1 unspecified atom stereocenters. The molecule has 0 N–H and O–H groups in total. The molecule has 4 nitrogen and oxygen atoms in total. The molecule has 1 aliphatic carbocycles. The van der Waals surface area contributed by atoms with Crippen LogP contribution in [0.2, 0.25) is 0 Å². The van der Waals surface area contributed by atoms with Gasteiger partial charge in [-0.05, 0) is 82.6 Å². The number of ketones is 1. The van der Waals surface area contributed by atoms with Gasteiger partial charge >= 0.3 is 12.1 Å². The van der Waals surface area contributed by atoms with Crippen molar-refractivity contribution in [1.29, 1.82) is 0 Å². The highest BCUT2D eigenvalue weighted by molar-refractivity contribution is 5.94. The van der Waals surface area contributed by atoms with E-state index < -0.39 is 11.7 Å². The molecule has 0 saturated heterocycles. The van der Waals surface area contributed by atoms with E-state index in [1.807, 2.05) is 32.1 Å². The van der Waals surface area contributed by atoms with Crippen LogP contribution in [0.5, 0.6) is 5.75 Å². The number of carbonyl (C=O) groups excluding carboxylic acids is 2. The van der Waals surface area contributed by atoms with E-state index >= 15 is 0 Å². The van der Waals surface area contributed by atoms with Gasteiger partial charge in [-0.3, -0.25) is 9.59 Å². The Morgan fingerprint density at radius 1 is 1.15 bits per heavy atom. The number of hydrogen-bond acceptors (Lipinski definition) is 4. The van der Waals surface area contributed by atoms with Crippen LogP contribution in [0.15, 0.2) is 48.6 Å². The third-order valence-corrected chi connectivity index (χ3v) is 5.43. The van der Waals surface area contributed by atoms with Gasteiger partial charge in [0.1, 0.15) is 5.75 Å². The zero-order valence-electron chi connectivity index (χ0n) is 19.3. The minimum atomic E-state index is -4.39. The lowest BCUT2D eigenvalue weighted by atomic mass is 9.87. The van der Waals surface area contributed by atoms with Gasteiger partial charge in [0.15, 0.2) is 5.78 Å². The molecule has 0 saturated carbocycles. The van der Waals surface area contributed by atoms with Gasteiger partial charge in [0, 0.05) is 12.3 Å². The minimum absolute atomic E-state index is 0.0726. The molecule has 2 atom stereocenters. The van der Waals surface area contributed by atoms with Crippen LogP contribution in [0, 0.1) is 11.8 Å². The molecule has 0 radical (unpaired) electrons. The monoisotopic (exact) mass is 466 g/mol. The number of rotatable bonds is 13. The number of allylic oxidation sites excluding steroid dienone is 4. The first-order valence-corrected chi connectivity index (χ1v) is 11.5. The largest absolute Gasteiger partial charge is 0.494 e. The Morgan fingerprint density at radius 3 is 2.67 bits per heavy atom. The predicted octanol–water partition coefficient (Wildman–Crippen LogP) is 6.69. The molecule has 0 bridgehead atoms. The van der Waals surface area contributed by atoms with Crippen molar-refractivity contribution in [1.82, 2.24) is 0 Å². The average molecular weight is 467 g/mol. The summed E-state index contributed by atoms with van der Waals surface area (Å²) in [6, 6.07) is 4.88. The Morgan fingerprint density at radius 2 is 1.94 bits per heavy atom. The van der Waals surface area contributed by atoms with E-state index in [-0.39, 0.29) is 35.4 Å². The van der Waals surface area contributed by atoms with E-state index in [1.54, 1.807) is 6.08 Å². The topological polar surface area (TPSA) is 52.6 Å². The van der Waals surface area contributed by atoms with Crippen molar-refractivity contribution in [2.45, 2.75) is 71.1 Å². The highest BCUT2D eigenvalue weighted by atomic mass is 19.4. The van der Waals surface area contributed by atoms with Crippen molar-refractivity contribution in [3.05, 3.63) is 54.1 Å². The Balaban J connectivity index is 1.65. The van der Waals surface area contributed by atoms with E-state index in [9.17, 15) is 22.8 Å². The molecular weight excluding hydrogens is 433 g/mol. The Hall–Kier alpha value is -2.57. The molecular formula is C26H33F3O4. The number of hydrogen-bond donors (Lipinski definition) is 0. The van der Waals surface area contributed by atoms with Crippen LogP contribution in [0.4, 0.5) is 13.2 Å². The smallest absolute Gasteiger partial charge is 0.416 e. The summed E-state index contributed by atoms with van der Waals surface area (Å²) in [5.41, 5.74) is -0.721. The van der Waals surface area contributed by atoms with E-state index in [0.717, 1.165) is 31.4 Å². The zero-order chi connectivity index (χ0) is 24.3. The molecule has 0 heterocycles. The molecule has 7 heteroatoms. The number of benzene rings is 1. The van der Waals surface area contributed by atoms with Crippen molar-refractivity contribution in [3.8, 4) is 5.75 Å². The van der Waals surface area contributed by atoms with E-state index in [4.69, 9.17) is 9.47 Å². The van der Waals surface area contributed by atoms with Gasteiger partial charge in [0.2, 0.25) is 0 Å². The fourth-order valence-electron chi connectivity index (χ4n) is 3.76. The maximum Gasteiger partial charge on any atom is 0.416 e. The first kappa shape index (κ1) is 26.7. The Bertz CT molecular complexity index is 827. The van der Waals surface area contributed by atoms with E-state index in [1.165, 1.54) is 12.1 Å². The summed E-state index contributed by atoms with van der Waals surface area (Å²) in [5.74, 6) is 0.241. The lowest BCUT2D eigenvalue weighted by Crippen LogP contribution is -2.15. The highest BCUT2D eigenvalue weighted by Gasteiger charge is 2.30. The summed E-state index contributed by atoms with van der Waals surface area (Å²) in [4.78, 5) is 23.7. The third kappa shape index (κ3) is 9.84. The normalized spacial score (nSPS) is 18.4. The quantitative estimate of drug-likeness (QED) is 0.185. The molecule has 33 heavy (non-hydrogen) atoms. The first-order valence-electron chi connectivity index (χ1n) is 11.5. The molecule has 0 amide bonds. The van der Waals surface area contributed by atoms with Gasteiger partial charge in [-0.2, -0.15) is 13.2 Å². The van der Waals surface area contributed by atoms with Gasteiger partial charge < -0.3 is 9.47 Å². The first-order chi connectivity index (χ1) is 15.7. The molecule has 1 aliphatic rings. The number of halogens is 3. The second kappa shape index (κ2) is 13.2. The number of esters is 1. The number of ether oxygens (including phenoxy) is 2. The predicted molar refractivity (Wildman–Crippen MR) is 121 cm³/mol. The summed E-state index contributed by atoms with van der Waals surface area (Å²) in [5, 5.41) is 0. The van der Waals surface area contributed by atoms with Crippen LogP contribution in [-0.2, 0) is 20.5 Å². The van der Waals surface area contributed by atoms with Crippen molar-refractivity contribution in [2.24, 2.45) is 11.8 Å². The summed E-state index contributed by atoms with van der Waals surface area (Å²) in [6.07, 6.45) is 8.00. The van der Waals surface area contributed by atoms with Crippen molar-refractivity contribution < 1.29 is 32.2 Å². The SMILES string of the molecule is CC(C)OC(=O)CCC/C=C\C[C@H]1C(=O)C=CC1CCCCOc1cccc(C(F)(F)F)c1. The van der Waals surface area contributed by atoms with Gasteiger partial charge in [-0.25, -0.2) is 0 Å². The third-order valence-electron chi connectivity index (χ3n) is 5.43. The van der Waals surface area contributed by atoms with E-state index in [0.29, 0.717) is 32.3 Å². The lowest BCUT2D eigenvalue weighted by molar-refractivity contribution is -0.147. The molecule has 2 rings (SSSR count). The average Bonchev–Trinajstić information content (AvgIpc) is 3.09. The molecule has 1 aromatic rings. The summed E-state index contributed by atoms with van der Waals surface area (Å²) >= 11 is 0. The van der Waals surface area contributed by atoms with Gasteiger partial charge in [0.25, 0.3) is 0 Å². The van der Waals surface area contributed by atoms with Crippen molar-refractivity contribution in [2.75, 3.05) is 6.61 Å². The van der Waals surface area contributed by atoms with Crippen LogP contribution in [0.1, 0.15) is 64.4 Å². The van der Waals surface area contributed by atoms with Crippen LogP contribution in [-0.4, -0.2) is 24.5 Å². The molecule has 0 aromatic heterocycles. The summed E-state index contributed by atoms with van der Waals surface area (Å²) in [7, 11) is 0. The van der Waals surface area contributed by atoms with Crippen LogP contribution in [0.3, 0.4) is 0 Å². The fourth-order valence-corrected chi connectivity index (χ4v) is 3.76. The Kier molecular flexibility index (Phi) is 10.7. The maximum atomic E-state index is 12.8. The molecule has 0 spiro atoms. The van der Waals surface area contributed by atoms with Crippen molar-refractivity contribution in [3.63, 3.8) is 0 Å². The standard InChI is InChI=1S/C26H33F3O4/c1-19(2)33-25(31)14-6-4-3-5-13-23-20(15-16-24(23)30)10-7-8-17-32-22-12-9-11-21(18-22)26(27,28)29/h3,5,9,11-12,15-16,18-20,23H,4,6-8,10,13-14,17H2,1-2H3/b5-3-/t20?,23-/m1/s1. The zero-order valence-corrected chi connectivity index (χ0v) is 19.3. The Labute approximate surface area is 193 Å². The fraction of sp³-hybridized carbons (Fsp3) is 0.538. The number of carbonyl (C=O) groups is 2. The highest BCUT2D eigenvalue weighted by Crippen LogP contribution is 2.32. The number of unbranched alkanes of at least 4 members (excludes halogenated alkanes) is 2. The summed E-state index contributed by atoms with van der Waals surface area (Å²) < 4.78 is 48.8. The second-order valence-corrected chi connectivity index (χ2v) is 8.54. The molecule has 182 valence electrons. The lowest BCUT2D eigenvalue weighted by Gasteiger charge is -2.16. The van der Waals surface area contributed by atoms with Crippen molar-refractivity contribution >= 4 is 11.8 Å². The summed E-state index contributed by atoms with van der Waals surface area (Å²) in [6.45, 7) is 3.98. The van der Waals surface area contributed by atoms with Crippen LogP contribution in [0.25, 0.3) is 0 Å². The van der Waals surface area contributed by atoms with Crippen LogP contribution >= 0.6 is 0 Å². The molecule has 0 aliphatic heterocycles. The van der Waals surface area contributed by atoms with Gasteiger partial charge in [0.05, 0.1) is 18.3 Å². The second-order valence-electron chi connectivity index (χ2n) is 8.54. The van der Waals surface area contributed by atoms with E-state index in [2.05, 4.69) is 0 Å². The molecule has 1 aromatic carbocycles. The molecule has 0 fully saturated rings. The van der Waals surface area contributed by atoms with Gasteiger partial charge in [-0.1, -0.05) is 24.3 Å².